The predicted molar refractivity (Wildman–Crippen MR) is 270 cm³/mol. The smallest absolute Gasteiger partial charge is 0.243 e. The van der Waals surface area contributed by atoms with Gasteiger partial charge in [0.15, 0.2) is 5.78 Å². The third kappa shape index (κ3) is 10.6. The quantitative estimate of drug-likeness (QED) is 0.160. The van der Waals surface area contributed by atoms with Gasteiger partial charge in [0.2, 0.25) is 17.7 Å². The molecule has 3 heterocycles. The van der Waals surface area contributed by atoms with Gasteiger partial charge in [0.05, 0.1) is 30.4 Å². The number of nitrogens with one attached hydrogen (secondary N) is 3. The molecule has 9 aliphatic rings. The molecule has 378 valence electrons. The monoisotopic (exact) mass is 957 g/mol. The summed E-state index contributed by atoms with van der Waals surface area (Å²) in [6.07, 6.45) is 22.6. The minimum absolute atomic E-state index is 0. The molecule has 12 nitrogen and oxygen atoms in total. The lowest BCUT2D eigenvalue weighted by atomic mass is 9.51. The largest absolute Gasteiger partial charge is 0.389 e. The summed E-state index contributed by atoms with van der Waals surface area (Å²) in [6.45, 7) is 14.8. The Morgan fingerprint density at radius 1 is 0.543 bits per heavy atom. The number of hydrogen-bond donors (Lipinski definition) is 5. The molecule has 0 unspecified atom stereocenters. The van der Waals surface area contributed by atoms with Gasteiger partial charge in [0.25, 0.3) is 0 Å². The van der Waals surface area contributed by atoms with Gasteiger partial charge in [-0.15, -0.1) is 0 Å². The van der Waals surface area contributed by atoms with Crippen molar-refractivity contribution >= 4 is 23.5 Å². The molecule has 0 bridgehead atoms. The highest BCUT2D eigenvalue weighted by Crippen LogP contribution is 2.60. The van der Waals surface area contributed by atoms with Crippen molar-refractivity contribution in [3.05, 3.63) is 69.9 Å². The Hall–Kier alpha value is -5.09. The maximum Gasteiger partial charge on any atom is 0.243 e. The molecule has 3 saturated carbocycles. The first-order chi connectivity index (χ1) is 32.9. The van der Waals surface area contributed by atoms with Gasteiger partial charge in [-0.2, -0.15) is 15.8 Å². The lowest BCUT2D eigenvalue weighted by molar-refractivity contribution is -0.127. The van der Waals surface area contributed by atoms with Gasteiger partial charge in [0, 0.05) is 80.3 Å². The van der Waals surface area contributed by atoms with E-state index in [4.69, 9.17) is 15.8 Å². The number of aliphatic hydroxyl groups is 2. The van der Waals surface area contributed by atoms with Gasteiger partial charge in [0.1, 0.15) is 0 Å². The van der Waals surface area contributed by atoms with E-state index in [0.29, 0.717) is 74.4 Å². The fourth-order valence-corrected chi connectivity index (χ4v) is 15.6. The highest BCUT2D eigenvalue weighted by Gasteiger charge is 2.55. The third-order valence-electron chi connectivity index (χ3n) is 19.0. The second kappa shape index (κ2) is 22.5. The van der Waals surface area contributed by atoms with Crippen LogP contribution in [0.3, 0.4) is 0 Å². The summed E-state index contributed by atoms with van der Waals surface area (Å²) in [7, 11) is 0. The molecule has 3 amide bonds. The number of nitriles is 3. The van der Waals surface area contributed by atoms with Crippen LogP contribution in [0.15, 0.2) is 69.9 Å². The summed E-state index contributed by atoms with van der Waals surface area (Å²) in [4.78, 5) is 48.5. The second-order valence-electron chi connectivity index (χ2n) is 22.5. The zero-order chi connectivity index (χ0) is 49.8. The second-order valence-corrected chi connectivity index (χ2v) is 22.5. The van der Waals surface area contributed by atoms with Gasteiger partial charge >= 0.3 is 0 Å². The van der Waals surface area contributed by atoms with Crippen LogP contribution < -0.4 is 16.0 Å². The summed E-state index contributed by atoms with van der Waals surface area (Å²) < 4.78 is 0. The van der Waals surface area contributed by atoms with Gasteiger partial charge < -0.3 is 26.2 Å². The van der Waals surface area contributed by atoms with Crippen LogP contribution in [0, 0.1) is 103 Å². The van der Waals surface area contributed by atoms with Gasteiger partial charge in [-0.25, -0.2) is 0 Å². The Bertz CT molecular complexity index is 2250. The number of allylic oxidation sites excluding steroid dienone is 7. The van der Waals surface area contributed by atoms with Crippen molar-refractivity contribution < 1.29 is 29.4 Å². The molecule has 0 aromatic heterocycles. The van der Waals surface area contributed by atoms with Gasteiger partial charge in [-0.05, 0) is 150 Å². The van der Waals surface area contributed by atoms with E-state index in [1.807, 2.05) is 19.1 Å². The first-order valence-electron chi connectivity index (χ1n) is 25.9. The van der Waals surface area contributed by atoms with Crippen LogP contribution in [0.2, 0.25) is 0 Å². The van der Waals surface area contributed by atoms with E-state index in [2.05, 4.69) is 68.8 Å². The summed E-state index contributed by atoms with van der Waals surface area (Å²) in [5.74, 6) is 2.60. The molecule has 0 saturated heterocycles. The summed E-state index contributed by atoms with van der Waals surface area (Å²) in [5.41, 5.74) is 6.61. The first kappa shape index (κ1) is 54.2. The van der Waals surface area contributed by atoms with E-state index in [1.54, 1.807) is 24.3 Å². The average molecular weight is 957 g/mol. The van der Waals surface area contributed by atoms with E-state index in [0.717, 1.165) is 88.2 Å². The molecule has 0 spiro atoms. The summed E-state index contributed by atoms with van der Waals surface area (Å²) in [5, 5.41) is 57.3. The Labute approximate surface area is 417 Å². The van der Waals surface area contributed by atoms with E-state index in [-0.39, 0.29) is 64.9 Å². The van der Waals surface area contributed by atoms with Crippen molar-refractivity contribution in [3.63, 3.8) is 0 Å². The van der Waals surface area contributed by atoms with Gasteiger partial charge in [-0.1, -0.05) is 73.8 Å². The zero-order valence-electron chi connectivity index (χ0n) is 41.9. The van der Waals surface area contributed by atoms with E-state index < -0.39 is 12.2 Å². The minimum Gasteiger partial charge on any atom is -0.389 e. The number of hydrogen-bond acceptors (Lipinski definition) is 9. The number of rotatable bonds is 6. The zero-order valence-corrected chi connectivity index (χ0v) is 41.9. The SMILES string of the molecule is C.CC1=CC(=O)[C@H]2[C@@H](CCC3=CC(=O)NCC[C@@]32C)[C@@H]1CCC#N.CC1=C[C@@H](O)[C@H]2[C@@H](CCC3=CC(=O)NCC[C@@]32C)[C@@H]1CCC#N.CC1=C[C@H](O)[C@H]2[C@@H](CCC3=CC(=O)NCC[C@@]32C)[C@@H]1CCC#N. The normalized spacial score (nSPS) is 38.2. The van der Waals surface area contributed by atoms with Crippen molar-refractivity contribution in [2.45, 2.75) is 157 Å². The molecule has 9 rings (SSSR count). The van der Waals surface area contributed by atoms with Crippen LogP contribution in [-0.4, -0.2) is 65.6 Å². The Morgan fingerprint density at radius 3 is 1.27 bits per heavy atom. The number of aliphatic hydroxyl groups excluding tert-OH is 2. The lowest BCUT2D eigenvalue weighted by Crippen LogP contribution is -2.50. The van der Waals surface area contributed by atoms with Crippen molar-refractivity contribution in [1.82, 2.24) is 16.0 Å². The van der Waals surface area contributed by atoms with Crippen molar-refractivity contribution in [3.8, 4) is 18.2 Å². The lowest BCUT2D eigenvalue weighted by Gasteiger charge is -2.53. The molecule has 14 atom stereocenters. The maximum absolute atomic E-state index is 12.8. The summed E-state index contributed by atoms with van der Waals surface area (Å²) >= 11 is 0. The minimum atomic E-state index is -0.458. The fourth-order valence-electron chi connectivity index (χ4n) is 15.6. The maximum atomic E-state index is 12.8. The number of amides is 3. The molecule has 3 aliphatic heterocycles. The van der Waals surface area contributed by atoms with E-state index >= 15 is 0 Å². The van der Waals surface area contributed by atoms with Crippen LogP contribution in [0.25, 0.3) is 0 Å². The van der Waals surface area contributed by atoms with Crippen LogP contribution in [0.4, 0.5) is 0 Å². The Morgan fingerprint density at radius 2 is 0.886 bits per heavy atom. The Kier molecular flexibility index (Phi) is 17.5. The molecule has 5 N–H and O–H groups in total. The fraction of sp³-hybridized carbons (Fsp3) is 0.672. The molecule has 0 aromatic rings. The molecule has 6 aliphatic carbocycles. The number of fused-ring (bicyclic) bond motifs is 9. The van der Waals surface area contributed by atoms with E-state index in [9.17, 15) is 29.4 Å². The van der Waals surface area contributed by atoms with Crippen LogP contribution >= 0.6 is 0 Å². The molecular weight excluding hydrogens is 877 g/mol. The molecule has 70 heavy (non-hydrogen) atoms. The van der Waals surface area contributed by atoms with E-state index in [1.165, 1.54) is 22.3 Å². The Balaban J connectivity index is 0.000000171. The topological polar surface area (TPSA) is 216 Å². The highest BCUT2D eigenvalue weighted by atomic mass is 16.3. The van der Waals surface area contributed by atoms with Crippen molar-refractivity contribution in [2.75, 3.05) is 19.6 Å². The van der Waals surface area contributed by atoms with Crippen LogP contribution in [0.5, 0.6) is 0 Å². The number of carbonyl (C=O) groups is 4. The highest BCUT2D eigenvalue weighted by molar-refractivity contribution is 5.96. The van der Waals surface area contributed by atoms with Gasteiger partial charge in [-0.3, -0.25) is 19.2 Å². The average Bonchev–Trinajstić information content (AvgIpc) is 3.63. The number of carbonyl (C=O) groups excluding carboxylic acids is 4. The first-order valence-corrected chi connectivity index (χ1v) is 25.9. The number of nitrogens with zero attached hydrogens (tertiary/aromatic N) is 3. The van der Waals surface area contributed by atoms with Crippen molar-refractivity contribution in [2.24, 2.45) is 69.5 Å². The predicted octanol–water partition coefficient (Wildman–Crippen LogP) is 8.96. The molecule has 0 radical (unpaired) electrons. The van der Waals surface area contributed by atoms with Crippen LogP contribution in [-0.2, 0) is 19.2 Å². The molecular formula is C58H80N6O6. The molecule has 12 heteroatoms. The third-order valence-corrected chi connectivity index (χ3v) is 19.0. The number of ketones is 1. The molecule has 3 fully saturated rings. The summed E-state index contributed by atoms with van der Waals surface area (Å²) in [6, 6.07) is 6.78. The standard InChI is InChI=1S/2C19H26N2O2.C19H24N2O2.CH4/c3*1-12-10-16(22)18-15(14(12)4-3-8-20)6-5-13-11-17(23)21-9-7-19(13,18)2;/h2*10-11,14-16,18,22H,3-7,9H2,1-2H3,(H,21,23);10-11,14-15,18H,3-7,9H2,1-2H3,(H,21,23);1H4/t14-,15+,16+,18-,19+;14-,15+,16-,18-,19+;14-,15+,18-,19+;/m111./s1. The van der Waals surface area contributed by atoms with Crippen molar-refractivity contribution in [1.29, 1.82) is 15.8 Å². The van der Waals surface area contributed by atoms with Crippen LogP contribution in [0.1, 0.15) is 145 Å². The molecule has 0 aromatic carbocycles.